The Labute approximate surface area is 132 Å². The van der Waals surface area contributed by atoms with Crippen LogP contribution in [0.3, 0.4) is 0 Å². The van der Waals surface area contributed by atoms with Crippen LogP contribution in [-0.2, 0) is 14.6 Å². The van der Waals surface area contributed by atoms with Gasteiger partial charge in [-0.15, -0.1) is 0 Å². The summed E-state index contributed by atoms with van der Waals surface area (Å²) >= 11 is 0. The number of ether oxygens (including phenoxy) is 1. The number of nitrogens with two attached hydrogens (primary N) is 1. The van der Waals surface area contributed by atoms with Gasteiger partial charge in [0.2, 0.25) is 5.91 Å². The predicted octanol–water partition coefficient (Wildman–Crippen LogP) is 0.911. The van der Waals surface area contributed by atoms with Crippen molar-refractivity contribution in [2.24, 2.45) is 11.7 Å². The summed E-state index contributed by atoms with van der Waals surface area (Å²) in [6, 6.07) is 6.01. The summed E-state index contributed by atoms with van der Waals surface area (Å²) in [6.07, 6.45) is 0. The standard InChI is InChI=1S/C15H24N2O4S/c1-11(15(18)17(3)12(2)9-16)10-22(19,20)14-7-5-13(21-4)6-8-14/h5-8,11-12H,9-10,16H2,1-4H3. The van der Waals surface area contributed by atoms with Gasteiger partial charge >= 0.3 is 0 Å². The van der Waals surface area contributed by atoms with Crippen LogP contribution >= 0.6 is 0 Å². The number of methoxy groups -OCH3 is 1. The van der Waals surface area contributed by atoms with Gasteiger partial charge in [0.25, 0.3) is 0 Å². The lowest BCUT2D eigenvalue weighted by Crippen LogP contribution is -2.43. The molecule has 0 heterocycles. The normalized spacial score (nSPS) is 14.2. The highest BCUT2D eigenvalue weighted by atomic mass is 32.2. The molecule has 1 amide bonds. The van der Waals surface area contributed by atoms with Crippen LogP contribution in [0.25, 0.3) is 0 Å². The average Bonchev–Trinajstić information content (AvgIpc) is 2.52. The zero-order valence-corrected chi connectivity index (χ0v) is 14.3. The van der Waals surface area contributed by atoms with E-state index < -0.39 is 15.8 Å². The Morgan fingerprint density at radius 1 is 1.27 bits per heavy atom. The maximum atomic E-state index is 12.4. The molecule has 1 aromatic rings. The number of benzene rings is 1. The number of rotatable bonds is 7. The summed E-state index contributed by atoms with van der Waals surface area (Å²) in [4.78, 5) is 13.9. The van der Waals surface area contributed by atoms with E-state index in [0.29, 0.717) is 12.3 Å². The van der Waals surface area contributed by atoms with Gasteiger partial charge < -0.3 is 15.4 Å². The number of carbonyl (C=O) groups is 1. The molecule has 124 valence electrons. The average molecular weight is 328 g/mol. The molecule has 1 aromatic carbocycles. The first-order valence-electron chi connectivity index (χ1n) is 7.06. The molecule has 2 N–H and O–H groups in total. The molecule has 0 spiro atoms. The Balaban J connectivity index is 2.84. The zero-order chi connectivity index (χ0) is 16.9. The molecular formula is C15H24N2O4S. The first kappa shape index (κ1) is 18.4. The van der Waals surface area contributed by atoms with Gasteiger partial charge in [-0.2, -0.15) is 0 Å². The third kappa shape index (κ3) is 4.45. The van der Waals surface area contributed by atoms with E-state index in [1.54, 1.807) is 26.1 Å². The lowest BCUT2D eigenvalue weighted by molar-refractivity contribution is -0.134. The number of carbonyl (C=O) groups excluding carboxylic acids is 1. The van der Waals surface area contributed by atoms with Crippen LogP contribution in [0.2, 0.25) is 0 Å². The Hall–Kier alpha value is -1.60. The van der Waals surface area contributed by atoms with E-state index in [2.05, 4.69) is 0 Å². The van der Waals surface area contributed by atoms with Crippen LogP contribution in [0.5, 0.6) is 5.75 Å². The van der Waals surface area contributed by atoms with Crippen molar-refractivity contribution in [3.63, 3.8) is 0 Å². The molecule has 22 heavy (non-hydrogen) atoms. The molecule has 1 rings (SSSR count). The van der Waals surface area contributed by atoms with Crippen LogP contribution in [-0.4, -0.2) is 51.7 Å². The monoisotopic (exact) mass is 328 g/mol. The second-order valence-electron chi connectivity index (χ2n) is 5.39. The molecule has 0 aliphatic carbocycles. The van der Waals surface area contributed by atoms with Crippen molar-refractivity contribution in [3.05, 3.63) is 24.3 Å². The summed E-state index contributed by atoms with van der Waals surface area (Å²) in [6.45, 7) is 3.77. The van der Waals surface area contributed by atoms with Gasteiger partial charge in [-0.05, 0) is 31.2 Å². The van der Waals surface area contributed by atoms with E-state index in [9.17, 15) is 13.2 Å². The highest BCUT2D eigenvalue weighted by Gasteiger charge is 2.27. The van der Waals surface area contributed by atoms with Crippen LogP contribution in [0, 0.1) is 5.92 Å². The molecule has 0 saturated heterocycles. The number of amides is 1. The topological polar surface area (TPSA) is 89.7 Å². The highest BCUT2D eigenvalue weighted by Crippen LogP contribution is 2.19. The Bertz CT molecular complexity index is 598. The maximum absolute atomic E-state index is 12.4. The van der Waals surface area contributed by atoms with Gasteiger partial charge in [-0.1, -0.05) is 6.92 Å². The predicted molar refractivity (Wildman–Crippen MR) is 85.5 cm³/mol. The van der Waals surface area contributed by atoms with Crippen molar-refractivity contribution in [2.75, 3.05) is 26.5 Å². The summed E-state index contributed by atoms with van der Waals surface area (Å²) in [5, 5.41) is 0. The number of nitrogens with zero attached hydrogens (tertiary/aromatic N) is 1. The van der Waals surface area contributed by atoms with Crippen molar-refractivity contribution in [1.82, 2.24) is 4.90 Å². The highest BCUT2D eigenvalue weighted by molar-refractivity contribution is 7.91. The molecule has 2 atom stereocenters. The van der Waals surface area contributed by atoms with Crippen molar-refractivity contribution in [2.45, 2.75) is 24.8 Å². The SMILES string of the molecule is COc1ccc(S(=O)(=O)CC(C)C(=O)N(C)C(C)CN)cc1. The van der Waals surface area contributed by atoms with E-state index in [4.69, 9.17) is 10.5 Å². The third-order valence-corrected chi connectivity index (χ3v) is 5.59. The molecule has 0 bridgehead atoms. The second-order valence-corrected chi connectivity index (χ2v) is 7.43. The van der Waals surface area contributed by atoms with Gasteiger partial charge in [0.15, 0.2) is 9.84 Å². The van der Waals surface area contributed by atoms with E-state index in [-0.39, 0.29) is 22.6 Å². The molecule has 0 aliphatic heterocycles. The quantitative estimate of drug-likeness (QED) is 0.803. The van der Waals surface area contributed by atoms with Crippen molar-refractivity contribution in [1.29, 1.82) is 0 Å². The fourth-order valence-corrected chi connectivity index (χ4v) is 3.55. The number of sulfone groups is 1. The third-order valence-electron chi connectivity index (χ3n) is 3.66. The number of hydrogen-bond acceptors (Lipinski definition) is 5. The fraction of sp³-hybridized carbons (Fsp3) is 0.533. The molecule has 0 aliphatic rings. The van der Waals surface area contributed by atoms with E-state index in [1.165, 1.54) is 24.1 Å². The first-order chi connectivity index (χ1) is 10.2. The minimum atomic E-state index is -3.53. The van der Waals surface area contributed by atoms with Crippen LogP contribution < -0.4 is 10.5 Å². The fourth-order valence-electron chi connectivity index (χ4n) is 2.00. The summed E-state index contributed by atoms with van der Waals surface area (Å²) in [5.41, 5.74) is 5.53. The maximum Gasteiger partial charge on any atom is 0.226 e. The largest absolute Gasteiger partial charge is 0.497 e. The van der Waals surface area contributed by atoms with Gasteiger partial charge in [-0.25, -0.2) is 8.42 Å². The minimum absolute atomic E-state index is 0.126. The van der Waals surface area contributed by atoms with Crippen LogP contribution in [0.4, 0.5) is 0 Å². The molecule has 7 heteroatoms. The second kappa shape index (κ2) is 7.60. The summed E-state index contributed by atoms with van der Waals surface area (Å²) in [5.74, 6) is -0.513. The van der Waals surface area contributed by atoms with Crippen molar-refractivity contribution >= 4 is 15.7 Å². The Morgan fingerprint density at radius 2 is 1.82 bits per heavy atom. The molecular weight excluding hydrogens is 304 g/mol. The Morgan fingerprint density at radius 3 is 2.27 bits per heavy atom. The van der Waals surface area contributed by atoms with Gasteiger partial charge in [0.1, 0.15) is 5.75 Å². The minimum Gasteiger partial charge on any atom is -0.497 e. The molecule has 0 saturated carbocycles. The van der Waals surface area contributed by atoms with Crippen LogP contribution in [0.15, 0.2) is 29.2 Å². The van der Waals surface area contributed by atoms with E-state index in [1.807, 2.05) is 6.92 Å². The molecule has 0 fully saturated rings. The Kier molecular flexibility index (Phi) is 6.37. The number of likely N-dealkylation sites (N-methyl/N-ethyl adjacent to an activating group) is 1. The van der Waals surface area contributed by atoms with Gasteiger partial charge in [0.05, 0.1) is 17.8 Å². The van der Waals surface area contributed by atoms with Gasteiger partial charge in [-0.3, -0.25) is 4.79 Å². The summed E-state index contributed by atoms with van der Waals surface area (Å²) in [7, 11) is -0.382. The number of hydrogen-bond donors (Lipinski definition) is 1. The van der Waals surface area contributed by atoms with Crippen molar-refractivity contribution in [3.8, 4) is 5.75 Å². The molecule has 2 unspecified atom stereocenters. The van der Waals surface area contributed by atoms with E-state index >= 15 is 0 Å². The zero-order valence-electron chi connectivity index (χ0n) is 13.4. The van der Waals surface area contributed by atoms with Gasteiger partial charge in [0, 0.05) is 25.6 Å². The lowest BCUT2D eigenvalue weighted by Gasteiger charge is -2.26. The van der Waals surface area contributed by atoms with Crippen LogP contribution in [0.1, 0.15) is 13.8 Å². The first-order valence-corrected chi connectivity index (χ1v) is 8.71. The molecule has 0 aromatic heterocycles. The molecule has 0 radical (unpaired) electrons. The van der Waals surface area contributed by atoms with Crippen molar-refractivity contribution < 1.29 is 17.9 Å². The summed E-state index contributed by atoms with van der Waals surface area (Å²) < 4.78 is 29.7. The molecule has 6 nitrogen and oxygen atoms in total. The van der Waals surface area contributed by atoms with E-state index in [0.717, 1.165) is 0 Å². The smallest absolute Gasteiger partial charge is 0.226 e. The lowest BCUT2D eigenvalue weighted by atomic mass is 10.1.